The van der Waals surface area contributed by atoms with E-state index in [4.69, 9.17) is 24.4 Å². The van der Waals surface area contributed by atoms with Gasteiger partial charge in [-0.2, -0.15) is 15.1 Å². The number of aryl methyl sites for hydroxylation is 1. The number of H-pyrrole nitrogens is 1. The Morgan fingerprint density at radius 2 is 1.98 bits per heavy atom. The van der Waals surface area contributed by atoms with E-state index in [9.17, 15) is 4.79 Å². The number of benzene rings is 1. The number of fused-ring (bicyclic) bond motifs is 6. The summed E-state index contributed by atoms with van der Waals surface area (Å²) < 4.78 is 29.4. The topological polar surface area (TPSA) is 121 Å². The molecule has 12 heteroatoms. The molecule has 10 rings (SSSR count). The lowest BCUT2D eigenvalue weighted by molar-refractivity contribution is 0.108. The number of ether oxygens (including phenoxy) is 2. The van der Waals surface area contributed by atoms with E-state index in [2.05, 4.69) is 31.4 Å². The average Bonchev–Trinajstić information content (AvgIpc) is 3.30. The van der Waals surface area contributed by atoms with Gasteiger partial charge in [-0.15, -0.1) is 0 Å². The number of aromatic amines is 1. The smallest absolute Gasteiger partial charge is 0.407 e. The van der Waals surface area contributed by atoms with Crippen LogP contribution in [-0.2, 0) is 4.74 Å². The molecule has 2 N–H and O–H groups in total. The van der Waals surface area contributed by atoms with E-state index < -0.39 is 11.9 Å². The van der Waals surface area contributed by atoms with E-state index in [1.165, 1.54) is 0 Å². The Labute approximate surface area is 266 Å². The van der Waals surface area contributed by atoms with Crippen molar-refractivity contribution in [3.05, 3.63) is 35.4 Å². The normalized spacial score (nSPS) is 25.7. The quantitative estimate of drug-likeness (QED) is 0.315. The molecule has 1 aromatic carbocycles. The number of hydrogen-bond acceptors (Lipinski definition) is 9. The van der Waals surface area contributed by atoms with Crippen LogP contribution in [0.15, 0.2) is 18.5 Å². The Morgan fingerprint density at radius 1 is 1.11 bits per heavy atom. The monoisotopic (exact) mass is 626 g/mol. The second-order valence-corrected chi connectivity index (χ2v) is 14.0. The zero-order valence-electron chi connectivity index (χ0n) is 26.1. The molecule has 6 bridgehead atoms. The molecule has 46 heavy (non-hydrogen) atoms. The van der Waals surface area contributed by atoms with Gasteiger partial charge in [0, 0.05) is 42.2 Å². The van der Waals surface area contributed by atoms with E-state index in [-0.39, 0.29) is 40.6 Å². The molecule has 3 unspecified atom stereocenters. The molecule has 1 saturated carbocycles. The van der Waals surface area contributed by atoms with Crippen LogP contribution in [-0.4, -0.2) is 87.1 Å². The van der Waals surface area contributed by atoms with Gasteiger partial charge in [0.1, 0.15) is 23.6 Å². The summed E-state index contributed by atoms with van der Waals surface area (Å²) in [4.78, 5) is 32.2. The summed E-state index contributed by atoms with van der Waals surface area (Å²) in [5.74, 6) is 0.357. The van der Waals surface area contributed by atoms with Gasteiger partial charge < -0.3 is 19.7 Å². The van der Waals surface area contributed by atoms with E-state index in [0.29, 0.717) is 37.5 Å². The predicted octanol–water partition coefficient (Wildman–Crippen LogP) is 5.23. The number of hydrogen-bond donors (Lipinski definition) is 2. The molecule has 6 aliphatic rings. The van der Waals surface area contributed by atoms with Gasteiger partial charge in [-0.3, -0.25) is 15.0 Å². The Morgan fingerprint density at radius 3 is 2.85 bits per heavy atom. The minimum Gasteiger partial charge on any atom is -0.461 e. The maximum Gasteiger partial charge on any atom is 0.407 e. The molecular formula is C34H39FN8O3. The van der Waals surface area contributed by atoms with Crippen molar-refractivity contribution in [3.8, 4) is 17.3 Å². The van der Waals surface area contributed by atoms with Crippen LogP contribution in [0.5, 0.6) is 6.01 Å². The van der Waals surface area contributed by atoms with Crippen LogP contribution in [0.1, 0.15) is 68.4 Å². The number of alkyl carbamates (subject to hydrolysis) is 1. The Balaban J connectivity index is 1.23. The zero-order chi connectivity index (χ0) is 31.0. The van der Waals surface area contributed by atoms with Crippen LogP contribution < -0.4 is 15.0 Å². The Bertz CT molecular complexity index is 1850. The first-order valence-electron chi connectivity index (χ1n) is 16.9. The molecule has 0 spiro atoms. The van der Waals surface area contributed by atoms with E-state index in [1.807, 2.05) is 6.92 Å². The second kappa shape index (κ2) is 10.8. The van der Waals surface area contributed by atoms with E-state index in [0.717, 1.165) is 92.0 Å². The molecule has 3 saturated heterocycles. The minimum absolute atomic E-state index is 0.00364. The first kappa shape index (κ1) is 28.2. The molecule has 11 nitrogen and oxygen atoms in total. The van der Waals surface area contributed by atoms with Gasteiger partial charge in [-0.05, 0) is 94.5 Å². The fourth-order valence-corrected chi connectivity index (χ4v) is 8.76. The lowest BCUT2D eigenvalue weighted by atomic mass is 9.91. The number of pyridine rings is 1. The van der Waals surface area contributed by atoms with Crippen LogP contribution in [0.25, 0.3) is 33.1 Å². The van der Waals surface area contributed by atoms with Crippen molar-refractivity contribution in [2.24, 2.45) is 5.92 Å². The van der Waals surface area contributed by atoms with Gasteiger partial charge in [-0.25, -0.2) is 9.18 Å². The molecular weight excluding hydrogens is 587 g/mol. The summed E-state index contributed by atoms with van der Waals surface area (Å²) >= 11 is 0. The minimum atomic E-state index is -0.484. The second-order valence-electron chi connectivity index (χ2n) is 14.0. The van der Waals surface area contributed by atoms with Crippen molar-refractivity contribution in [3.63, 3.8) is 0 Å². The molecule has 5 aliphatic heterocycles. The molecule has 4 fully saturated rings. The lowest BCUT2D eigenvalue weighted by Crippen LogP contribution is -2.44. The molecule has 3 aromatic heterocycles. The van der Waals surface area contributed by atoms with E-state index >= 15 is 4.39 Å². The highest BCUT2D eigenvalue weighted by Gasteiger charge is 2.45. The number of carbonyl (C=O) groups is 1. The van der Waals surface area contributed by atoms with Gasteiger partial charge in [0.25, 0.3) is 0 Å². The maximum absolute atomic E-state index is 17.2. The Kier molecular flexibility index (Phi) is 6.59. The van der Waals surface area contributed by atoms with Crippen molar-refractivity contribution in [2.75, 3.05) is 44.3 Å². The molecule has 240 valence electrons. The third-order valence-electron chi connectivity index (χ3n) is 11.2. The van der Waals surface area contributed by atoms with Gasteiger partial charge in [0.2, 0.25) is 0 Å². The van der Waals surface area contributed by atoms with Gasteiger partial charge in [-0.1, -0.05) is 0 Å². The summed E-state index contributed by atoms with van der Waals surface area (Å²) in [5, 5.41) is 11.8. The number of rotatable bonds is 3. The summed E-state index contributed by atoms with van der Waals surface area (Å²) in [5.41, 5.74) is 4.02. The largest absolute Gasteiger partial charge is 0.461 e. The van der Waals surface area contributed by atoms with E-state index in [1.54, 1.807) is 12.4 Å². The molecule has 4 aromatic rings. The predicted molar refractivity (Wildman–Crippen MR) is 171 cm³/mol. The molecule has 8 heterocycles. The van der Waals surface area contributed by atoms with Crippen LogP contribution in [0.2, 0.25) is 0 Å². The highest BCUT2D eigenvalue weighted by Crippen LogP contribution is 2.53. The van der Waals surface area contributed by atoms with Crippen LogP contribution in [0.4, 0.5) is 15.0 Å². The van der Waals surface area contributed by atoms with Gasteiger partial charge in [0.05, 0.1) is 29.2 Å². The number of aromatic nitrogens is 5. The third-order valence-corrected chi connectivity index (χ3v) is 11.2. The summed E-state index contributed by atoms with van der Waals surface area (Å²) in [6, 6.07) is 2.10. The van der Waals surface area contributed by atoms with Crippen molar-refractivity contribution < 1.29 is 18.7 Å². The Hall–Kier alpha value is -4.06. The first-order valence-corrected chi connectivity index (χ1v) is 16.9. The third kappa shape index (κ3) is 4.58. The van der Waals surface area contributed by atoms with Crippen molar-refractivity contribution in [1.82, 2.24) is 35.4 Å². The maximum atomic E-state index is 17.2. The highest BCUT2D eigenvalue weighted by molar-refractivity contribution is 6.00. The zero-order valence-corrected chi connectivity index (χ0v) is 26.1. The van der Waals surface area contributed by atoms with Crippen LogP contribution in [0.3, 0.4) is 0 Å². The fraction of sp³-hybridized carbons (Fsp3) is 0.559. The SMILES string of the molecule is Cc1cc2[nH]ncc2c2c1C1CC1COC(=O)NC1CCCCN(C1)c1nc(OCC34CCCN3CCC4)nc3c(F)c-2ncc13. The van der Waals surface area contributed by atoms with Crippen LogP contribution >= 0.6 is 0 Å². The van der Waals surface area contributed by atoms with Gasteiger partial charge >= 0.3 is 12.1 Å². The van der Waals surface area contributed by atoms with Gasteiger partial charge in [0.15, 0.2) is 5.82 Å². The average molecular weight is 627 g/mol. The standard InChI is InChI=1S/C34H39FN8O3/c1-19-12-25-23(15-37-41-25)27-26(19)22-13-20(22)17-45-33(44)38-21-6-2-3-9-42(16-21)31-24-14-36-30(27)28(35)29(24)39-32(40-31)46-18-34-7-4-10-43(34)11-5-8-34/h12,14-15,20-22H,2-11,13,16-18H2,1H3,(H,37,41)(H,38,44). The van der Waals surface area contributed by atoms with Crippen LogP contribution in [0, 0.1) is 18.7 Å². The fourth-order valence-electron chi connectivity index (χ4n) is 8.76. The number of carbonyl (C=O) groups excluding carboxylic acids is 1. The number of amides is 1. The first-order chi connectivity index (χ1) is 22.5. The van der Waals surface area contributed by atoms with Crippen molar-refractivity contribution >= 4 is 33.7 Å². The molecule has 1 amide bonds. The summed E-state index contributed by atoms with van der Waals surface area (Å²) in [7, 11) is 0. The highest BCUT2D eigenvalue weighted by atomic mass is 19.1. The molecule has 0 radical (unpaired) electrons. The summed E-state index contributed by atoms with van der Waals surface area (Å²) in [6.07, 6.45) is 11.1. The summed E-state index contributed by atoms with van der Waals surface area (Å²) in [6.45, 7) is 6.24. The number of nitrogens with zero attached hydrogens (tertiary/aromatic N) is 6. The molecule has 3 atom stereocenters. The number of halogens is 1. The number of nitrogens with one attached hydrogen (secondary N) is 2. The van der Waals surface area contributed by atoms with Crippen molar-refractivity contribution in [1.29, 1.82) is 0 Å². The number of anilines is 1. The lowest BCUT2D eigenvalue weighted by Gasteiger charge is -2.31. The molecule has 1 aliphatic carbocycles. The van der Waals surface area contributed by atoms with Crippen molar-refractivity contribution in [2.45, 2.75) is 75.8 Å².